The van der Waals surface area contributed by atoms with E-state index in [1.54, 1.807) is 12.4 Å². The first-order chi connectivity index (χ1) is 12.5. The summed E-state index contributed by atoms with van der Waals surface area (Å²) in [5.41, 5.74) is 7.90. The molecule has 3 aromatic rings. The average Bonchev–Trinajstić information content (AvgIpc) is 3.07. The van der Waals surface area contributed by atoms with Crippen LogP contribution in [0.1, 0.15) is 32.6 Å². The zero-order chi connectivity index (χ0) is 18.1. The number of anilines is 1. The van der Waals surface area contributed by atoms with Crippen LogP contribution in [-0.4, -0.2) is 31.5 Å². The van der Waals surface area contributed by atoms with Crippen LogP contribution in [0.2, 0.25) is 0 Å². The molecule has 7 nitrogen and oxygen atoms in total. The predicted molar refractivity (Wildman–Crippen MR) is 99.4 cm³/mol. The van der Waals surface area contributed by atoms with Gasteiger partial charge in [-0.05, 0) is 49.9 Å². The Labute approximate surface area is 151 Å². The lowest BCUT2D eigenvalue weighted by Gasteiger charge is -2.35. The van der Waals surface area contributed by atoms with Crippen molar-refractivity contribution in [1.82, 2.24) is 19.6 Å². The van der Waals surface area contributed by atoms with Crippen LogP contribution in [0, 0.1) is 5.41 Å². The fourth-order valence-electron chi connectivity index (χ4n) is 3.52. The second-order valence-electron chi connectivity index (χ2n) is 7.21. The van der Waals surface area contributed by atoms with Crippen molar-refractivity contribution in [3.05, 3.63) is 42.9 Å². The maximum Gasteiger partial charge on any atom is 0.223 e. The number of imidazole rings is 1. The van der Waals surface area contributed by atoms with Crippen LogP contribution in [0.25, 0.3) is 16.9 Å². The van der Waals surface area contributed by atoms with Crippen LogP contribution in [0.3, 0.4) is 0 Å². The van der Waals surface area contributed by atoms with Gasteiger partial charge in [-0.25, -0.2) is 9.50 Å². The van der Waals surface area contributed by atoms with E-state index in [4.69, 9.17) is 10.8 Å². The Balaban J connectivity index is 1.54. The molecule has 0 radical (unpaired) electrons. The van der Waals surface area contributed by atoms with Crippen molar-refractivity contribution < 1.29 is 4.79 Å². The molecule has 1 aliphatic carbocycles. The zero-order valence-electron chi connectivity index (χ0n) is 14.7. The summed E-state index contributed by atoms with van der Waals surface area (Å²) < 4.78 is 1.84. The van der Waals surface area contributed by atoms with Gasteiger partial charge in [-0.15, -0.1) is 5.10 Å². The molecule has 3 heterocycles. The monoisotopic (exact) mass is 350 g/mol. The molecule has 0 aromatic carbocycles. The van der Waals surface area contributed by atoms with Crippen molar-refractivity contribution in [3.8, 4) is 11.3 Å². The Morgan fingerprint density at radius 3 is 2.65 bits per heavy atom. The molecular formula is C19H22N6O. The highest BCUT2D eigenvalue weighted by atomic mass is 16.1. The Morgan fingerprint density at radius 1 is 1.23 bits per heavy atom. The normalized spacial score (nSPS) is 23.0. The van der Waals surface area contributed by atoms with E-state index in [-0.39, 0.29) is 11.3 Å². The van der Waals surface area contributed by atoms with Gasteiger partial charge in [0.05, 0.1) is 11.9 Å². The zero-order valence-corrected chi connectivity index (χ0v) is 14.7. The number of hydrogen-bond donors (Lipinski definition) is 2. The summed E-state index contributed by atoms with van der Waals surface area (Å²) in [6.07, 6.45) is 8.75. The molecule has 3 N–H and O–H groups in total. The second kappa shape index (κ2) is 6.40. The number of aromatic nitrogens is 4. The van der Waals surface area contributed by atoms with Gasteiger partial charge in [0, 0.05) is 29.4 Å². The number of nitrogens with one attached hydrogen (secondary N) is 1. The molecule has 1 amide bonds. The van der Waals surface area contributed by atoms with Gasteiger partial charge >= 0.3 is 0 Å². The standard InChI is InChI=1S/C19H22N6O/c1-19(18(20)26)8-4-14(5-9-19)23-16-2-3-17-22-12-15(25(17)24-16)13-6-10-21-11-7-13/h2-3,6-7,10-12,14H,4-5,8-9H2,1H3,(H2,20,26)(H,23,24). The molecule has 1 saturated carbocycles. The van der Waals surface area contributed by atoms with Gasteiger partial charge in [0.25, 0.3) is 0 Å². The number of amides is 1. The van der Waals surface area contributed by atoms with Gasteiger partial charge in [-0.3, -0.25) is 9.78 Å². The summed E-state index contributed by atoms with van der Waals surface area (Å²) in [6, 6.07) is 8.07. The largest absolute Gasteiger partial charge is 0.369 e. The van der Waals surface area contributed by atoms with Gasteiger partial charge < -0.3 is 11.1 Å². The molecule has 7 heteroatoms. The number of carbonyl (C=O) groups excluding carboxylic acids is 1. The molecule has 26 heavy (non-hydrogen) atoms. The number of nitrogens with two attached hydrogens (primary N) is 1. The molecular weight excluding hydrogens is 328 g/mol. The summed E-state index contributed by atoms with van der Waals surface area (Å²) in [5.74, 6) is 0.606. The number of pyridine rings is 1. The van der Waals surface area contributed by atoms with Crippen molar-refractivity contribution in [2.24, 2.45) is 11.1 Å². The molecule has 3 aromatic heterocycles. The van der Waals surface area contributed by atoms with E-state index in [1.807, 2.05) is 41.9 Å². The van der Waals surface area contributed by atoms with E-state index in [9.17, 15) is 4.79 Å². The van der Waals surface area contributed by atoms with Crippen LogP contribution in [0.5, 0.6) is 0 Å². The summed E-state index contributed by atoms with van der Waals surface area (Å²) >= 11 is 0. The topological polar surface area (TPSA) is 98.2 Å². The minimum Gasteiger partial charge on any atom is -0.369 e. The molecule has 0 unspecified atom stereocenters. The van der Waals surface area contributed by atoms with Crippen molar-refractivity contribution in [1.29, 1.82) is 0 Å². The summed E-state index contributed by atoms with van der Waals surface area (Å²) in [6.45, 7) is 1.96. The third kappa shape index (κ3) is 3.00. The molecule has 0 atom stereocenters. The molecule has 0 aliphatic heterocycles. The Hall–Kier alpha value is -2.96. The van der Waals surface area contributed by atoms with Crippen LogP contribution in [-0.2, 0) is 4.79 Å². The quantitative estimate of drug-likeness (QED) is 0.754. The SMILES string of the molecule is CC1(C(N)=O)CCC(Nc2ccc3ncc(-c4ccncc4)n3n2)CC1. The van der Waals surface area contributed by atoms with Gasteiger partial charge in [-0.2, -0.15) is 0 Å². The number of rotatable bonds is 4. The molecule has 0 spiro atoms. The number of carbonyl (C=O) groups is 1. The van der Waals surface area contributed by atoms with E-state index < -0.39 is 0 Å². The lowest BCUT2D eigenvalue weighted by Crippen LogP contribution is -2.40. The first-order valence-electron chi connectivity index (χ1n) is 8.87. The van der Waals surface area contributed by atoms with Gasteiger partial charge in [0.1, 0.15) is 5.82 Å². The first kappa shape index (κ1) is 16.5. The maximum absolute atomic E-state index is 11.6. The van der Waals surface area contributed by atoms with Crippen LogP contribution >= 0.6 is 0 Å². The minimum absolute atomic E-state index is 0.198. The Morgan fingerprint density at radius 2 is 1.96 bits per heavy atom. The predicted octanol–water partition coefficient (Wildman–Crippen LogP) is 2.64. The highest BCUT2D eigenvalue weighted by Gasteiger charge is 2.35. The lowest BCUT2D eigenvalue weighted by molar-refractivity contribution is -0.128. The Kier molecular flexibility index (Phi) is 4.06. The van der Waals surface area contributed by atoms with Crippen molar-refractivity contribution in [2.45, 2.75) is 38.6 Å². The van der Waals surface area contributed by atoms with E-state index in [1.165, 1.54) is 0 Å². The summed E-state index contributed by atoms with van der Waals surface area (Å²) in [7, 11) is 0. The maximum atomic E-state index is 11.6. The second-order valence-corrected chi connectivity index (χ2v) is 7.21. The van der Waals surface area contributed by atoms with Gasteiger partial charge in [0.2, 0.25) is 5.91 Å². The fourth-order valence-corrected chi connectivity index (χ4v) is 3.52. The van der Waals surface area contributed by atoms with E-state index in [0.29, 0.717) is 6.04 Å². The molecule has 4 rings (SSSR count). The molecule has 1 fully saturated rings. The molecule has 0 saturated heterocycles. The van der Waals surface area contributed by atoms with Gasteiger partial charge in [-0.1, -0.05) is 6.92 Å². The molecule has 1 aliphatic rings. The number of hydrogen-bond acceptors (Lipinski definition) is 5. The van der Waals surface area contributed by atoms with E-state index in [0.717, 1.165) is 48.4 Å². The van der Waals surface area contributed by atoms with E-state index in [2.05, 4.69) is 15.3 Å². The van der Waals surface area contributed by atoms with Crippen LogP contribution in [0.15, 0.2) is 42.9 Å². The molecule has 0 bridgehead atoms. The number of fused-ring (bicyclic) bond motifs is 1. The van der Waals surface area contributed by atoms with Crippen molar-refractivity contribution >= 4 is 17.4 Å². The van der Waals surface area contributed by atoms with Crippen molar-refractivity contribution in [2.75, 3.05) is 5.32 Å². The lowest BCUT2D eigenvalue weighted by atomic mass is 9.73. The average molecular weight is 350 g/mol. The smallest absolute Gasteiger partial charge is 0.223 e. The summed E-state index contributed by atoms with van der Waals surface area (Å²) in [5, 5.41) is 8.20. The minimum atomic E-state index is -0.381. The highest BCUT2D eigenvalue weighted by molar-refractivity contribution is 5.80. The Bertz CT molecular complexity index is 928. The van der Waals surface area contributed by atoms with Crippen LogP contribution < -0.4 is 11.1 Å². The fraction of sp³-hybridized carbons (Fsp3) is 0.368. The first-order valence-corrected chi connectivity index (χ1v) is 8.87. The highest BCUT2D eigenvalue weighted by Crippen LogP contribution is 2.36. The number of nitrogens with zero attached hydrogens (tertiary/aromatic N) is 4. The third-order valence-electron chi connectivity index (χ3n) is 5.37. The summed E-state index contributed by atoms with van der Waals surface area (Å²) in [4.78, 5) is 20.1. The third-order valence-corrected chi connectivity index (χ3v) is 5.37. The number of primary amides is 1. The van der Waals surface area contributed by atoms with E-state index >= 15 is 0 Å². The molecule has 134 valence electrons. The van der Waals surface area contributed by atoms with Crippen molar-refractivity contribution in [3.63, 3.8) is 0 Å². The van der Waals surface area contributed by atoms with Crippen LogP contribution in [0.4, 0.5) is 5.82 Å². The van der Waals surface area contributed by atoms with Gasteiger partial charge in [0.15, 0.2) is 5.65 Å².